The summed E-state index contributed by atoms with van der Waals surface area (Å²) in [6.45, 7) is -0.341. The van der Waals surface area contributed by atoms with Gasteiger partial charge in [-0.3, -0.25) is 0 Å². The second-order valence-electron chi connectivity index (χ2n) is 4.04. The molecule has 1 fully saturated rings. The molecule has 17 heavy (non-hydrogen) atoms. The first-order valence-corrected chi connectivity index (χ1v) is 5.26. The number of amides is 2. The predicted octanol–water partition coefficient (Wildman–Crippen LogP) is 1.02. The normalized spacial score (nSPS) is 18.8. The zero-order chi connectivity index (χ0) is 13.1. The van der Waals surface area contributed by atoms with Crippen LogP contribution in [-0.4, -0.2) is 49.0 Å². The monoisotopic (exact) mass is 257 g/mol. The van der Waals surface area contributed by atoms with E-state index < -0.39 is 24.9 Å². The number of primary amides is 1. The number of likely N-dealkylation sites (tertiary alicyclic amines) is 1. The summed E-state index contributed by atoms with van der Waals surface area (Å²) in [5, 5.41) is 2.39. The van der Waals surface area contributed by atoms with Crippen LogP contribution in [0.1, 0.15) is 12.8 Å². The van der Waals surface area contributed by atoms with Crippen molar-refractivity contribution in [3.63, 3.8) is 0 Å². The van der Waals surface area contributed by atoms with Gasteiger partial charge in [0.2, 0.25) is 0 Å². The quantitative estimate of drug-likeness (QED) is 0.739. The summed E-state index contributed by atoms with van der Waals surface area (Å²) in [6.07, 6.45) is -2.80. The first-order valence-electron chi connectivity index (χ1n) is 5.26. The molecule has 0 aromatic carbocycles. The summed E-state index contributed by atoms with van der Waals surface area (Å²) >= 11 is 0. The average Bonchev–Trinajstić information content (AvgIpc) is 2.27. The molecular formula is C9H15F4N3O. The minimum absolute atomic E-state index is 0.282. The van der Waals surface area contributed by atoms with E-state index in [1.807, 2.05) is 0 Å². The highest BCUT2D eigenvalue weighted by molar-refractivity contribution is 5.72. The van der Waals surface area contributed by atoms with Gasteiger partial charge >= 0.3 is 18.4 Å². The van der Waals surface area contributed by atoms with Crippen molar-refractivity contribution in [2.24, 2.45) is 5.73 Å². The molecule has 1 rings (SSSR count). The third-order valence-corrected chi connectivity index (χ3v) is 2.75. The van der Waals surface area contributed by atoms with Crippen LogP contribution in [0.15, 0.2) is 0 Å². The van der Waals surface area contributed by atoms with Crippen molar-refractivity contribution >= 4 is 6.03 Å². The largest absolute Gasteiger partial charge is 0.351 e. The third kappa shape index (κ3) is 4.03. The molecule has 0 aromatic rings. The van der Waals surface area contributed by atoms with Crippen molar-refractivity contribution in [1.82, 2.24) is 10.2 Å². The first-order chi connectivity index (χ1) is 7.83. The maximum Gasteiger partial charge on any atom is 0.319 e. The fourth-order valence-corrected chi connectivity index (χ4v) is 1.66. The van der Waals surface area contributed by atoms with E-state index in [4.69, 9.17) is 5.73 Å². The first kappa shape index (κ1) is 14.0. The van der Waals surface area contributed by atoms with Gasteiger partial charge in [0.25, 0.3) is 0 Å². The standard InChI is InChI=1S/C9H15F4N3O/c10-7(11)9(12,13)5-15-6-1-3-16(4-2-6)8(14)17/h6-7,15H,1-5H2,(H2,14,17). The number of nitrogens with two attached hydrogens (primary N) is 1. The van der Waals surface area contributed by atoms with E-state index in [1.54, 1.807) is 0 Å². The number of rotatable bonds is 4. The van der Waals surface area contributed by atoms with Crippen molar-refractivity contribution in [2.45, 2.75) is 31.2 Å². The molecule has 0 radical (unpaired) electrons. The number of nitrogens with one attached hydrogen (secondary N) is 1. The molecule has 0 saturated carbocycles. The number of carbonyl (C=O) groups excluding carboxylic acids is 1. The topological polar surface area (TPSA) is 58.4 Å². The summed E-state index contributed by atoms with van der Waals surface area (Å²) in [5.74, 6) is -4.01. The highest BCUT2D eigenvalue weighted by Gasteiger charge is 2.40. The molecule has 0 aliphatic carbocycles. The van der Waals surface area contributed by atoms with E-state index in [9.17, 15) is 22.4 Å². The Morgan fingerprint density at radius 3 is 2.35 bits per heavy atom. The summed E-state index contributed by atoms with van der Waals surface area (Å²) in [5.41, 5.74) is 5.04. The lowest BCUT2D eigenvalue weighted by Gasteiger charge is -2.32. The molecule has 1 heterocycles. The zero-order valence-electron chi connectivity index (χ0n) is 9.13. The van der Waals surface area contributed by atoms with Crippen LogP contribution < -0.4 is 11.1 Å². The van der Waals surface area contributed by atoms with Gasteiger partial charge in [-0.25, -0.2) is 13.6 Å². The number of alkyl halides is 4. The zero-order valence-corrected chi connectivity index (χ0v) is 9.13. The van der Waals surface area contributed by atoms with Gasteiger partial charge in [-0.05, 0) is 12.8 Å². The minimum atomic E-state index is -4.01. The van der Waals surface area contributed by atoms with Crippen molar-refractivity contribution < 1.29 is 22.4 Å². The van der Waals surface area contributed by atoms with Crippen LogP contribution in [0.3, 0.4) is 0 Å². The molecule has 0 spiro atoms. The maximum atomic E-state index is 12.6. The number of halogens is 4. The summed E-state index contributed by atoms with van der Waals surface area (Å²) in [4.78, 5) is 12.2. The molecule has 1 aliphatic heterocycles. The molecule has 0 bridgehead atoms. The predicted molar refractivity (Wildman–Crippen MR) is 53.1 cm³/mol. The molecule has 3 N–H and O–H groups in total. The Labute approximate surface area is 96.1 Å². The number of hydrogen-bond acceptors (Lipinski definition) is 2. The molecule has 0 atom stereocenters. The average molecular weight is 257 g/mol. The summed E-state index contributed by atoms with van der Waals surface area (Å²) < 4.78 is 49.0. The minimum Gasteiger partial charge on any atom is -0.351 e. The molecule has 2 amide bonds. The van der Waals surface area contributed by atoms with Crippen LogP contribution in [0.2, 0.25) is 0 Å². The Morgan fingerprint density at radius 2 is 1.94 bits per heavy atom. The van der Waals surface area contributed by atoms with Gasteiger partial charge in [0.05, 0.1) is 6.54 Å². The van der Waals surface area contributed by atoms with Crippen LogP contribution in [0.4, 0.5) is 22.4 Å². The maximum absolute atomic E-state index is 12.6. The van der Waals surface area contributed by atoms with Gasteiger partial charge in [-0.2, -0.15) is 8.78 Å². The van der Waals surface area contributed by atoms with Crippen molar-refractivity contribution in [3.05, 3.63) is 0 Å². The molecule has 8 heteroatoms. The lowest BCUT2D eigenvalue weighted by molar-refractivity contribution is -0.126. The summed E-state index contributed by atoms with van der Waals surface area (Å²) in [6, 6.07) is -0.836. The molecule has 1 saturated heterocycles. The van der Waals surface area contributed by atoms with E-state index >= 15 is 0 Å². The smallest absolute Gasteiger partial charge is 0.319 e. The highest BCUT2D eigenvalue weighted by Crippen LogP contribution is 2.22. The van der Waals surface area contributed by atoms with E-state index in [2.05, 4.69) is 5.32 Å². The number of carbonyl (C=O) groups is 1. The van der Waals surface area contributed by atoms with Gasteiger partial charge in [-0.15, -0.1) is 0 Å². The van der Waals surface area contributed by atoms with Crippen LogP contribution in [0, 0.1) is 0 Å². The Morgan fingerprint density at radius 1 is 1.41 bits per heavy atom. The highest BCUT2D eigenvalue weighted by atomic mass is 19.3. The molecule has 1 aliphatic rings. The van der Waals surface area contributed by atoms with E-state index in [0.717, 1.165) is 0 Å². The fraction of sp³-hybridized carbons (Fsp3) is 0.889. The van der Waals surface area contributed by atoms with Crippen LogP contribution in [0.5, 0.6) is 0 Å². The molecule has 0 aromatic heterocycles. The second-order valence-corrected chi connectivity index (χ2v) is 4.04. The molecule has 4 nitrogen and oxygen atoms in total. The summed E-state index contributed by atoms with van der Waals surface area (Å²) in [7, 11) is 0. The van der Waals surface area contributed by atoms with Crippen LogP contribution in [0.25, 0.3) is 0 Å². The molecule has 100 valence electrons. The fourth-order valence-electron chi connectivity index (χ4n) is 1.66. The van der Waals surface area contributed by atoms with Gasteiger partial charge in [0, 0.05) is 19.1 Å². The molecule has 0 unspecified atom stereocenters. The van der Waals surface area contributed by atoms with Gasteiger partial charge < -0.3 is 16.0 Å². The van der Waals surface area contributed by atoms with E-state index in [-0.39, 0.29) is 6.04 Å². The lowest BCUT2D eigenvalue weighted by atomic mass is 10.1. The number of urea groups is 1. The Balaban J connectivity index is 2.29. The Kier molecular flexibility index (Phi) is 4.55. The third-order valence-electron chi connectivity index (χ3n) is 2.75. The van der Waals surface area contributed by atoms with Crippen molar-refractivity contribution in [2.75, 3.05) is 19.6 Å². The Hall–Kier alpha value is -1.05. The number of hydrogen-bond donors (Lipinski definition) is 2. The van der Waals surface area contributed by atoms with E-state index in [0.29, 0.717) is 25.9 Å². The molecular weight excluding hydrogens is 242 g/mol. The number of piperidine rings is 1. The Bertz CT molecular complexity index is 267. The SMILES string of the molecule is NC(=O)N1CCC(NCC(F)(F)C(F)F)CC1. The van der Waals surface area contributed by atoms with Gasteiger partial charge in [-0.1, -0.05) is 0 Å². The van der Waals surface area contributed by atoms with Crippen LogP contribution >= 0.6 is 0 Å². The van der Waals surface area contributed by atoms with Gasteiger partial charge in [0.1, 0.15) is 0 Å². The van der Waals surface area contributed by atoms with Crippen molar-refractivity contribution in [1.29, 1.82) is 0 Å². The lowest BCUT2D eigenvalue weighted by Crippen LogP contribution is -2.50. The van der Waals surface area contributed by atoms with E-state index in [1.165, 1.54) is 4.90 Å². The van der Waals surface area contributed by atoms with Crippen LogP contribution in [-0.2, 0) is 0 Å². The van der Waals surface area contributed by atoms with Crippen molar-refractivity contribution in [3.8, 4) is 0 Å². The second kappa shape index (κ2) is 5.52. The number of nitrogens with zero attached hydrogens (tertiary/aromatic N) is 1. The van der Waals surface area contributed by atoms with Gasteiger partial charge in [0.15, 0.2) is 0 Å².